The van der Waals surface area contributed by atoms with Crippen LogP contribution in [0.2, 0.25) is 0 Å². The van der Waals surface area contributed by atoms with Crippen LogP contribution in [0.3, 0.4) is 0 Å². The topological polar surface area (TPSA) is 132 Å². The van der Waals surface area contributed by atoms with Crippen LogP contribution in [0.5, 0.6) is 0 Å². The van der Waals surface area contributed by atoms with E-state index in [1.165, 1.54) is 30.5 Å². The molecule has 0 fully saturated rings. The molecule has 9 heteroatoms. The lowest BCUT2D eigenvalue weighted by molar-refractivity contribution is -0.339. The van der Waals surface area contributed by atoms with Crippen molar-refractivity contribution in [1.29, 1.82) is 0 Å². The van der Waals surface area contributed by atoms with Crippen molar-refractivity contribution < 1.29 is 24.5 Å². The Morgan fingerprint density at radius 1 is 1.38 bits per heavy atom. The summed E-state index contributed by atoms with van der Waals surface area (Å²) in [6, 6.07) is 2.83. The van der Waals surface area contributed by atoms with E-state index in [1.807, 2.05) is 0 Å². The number of oxazole rings is 1. The number of nitrogens with one attached hydrogen (secondary N) is 1. The molecule has 2 aromatic rings. The molecule has 0 radical (unpaired) electrons. The van der Waals surface area contributed by atoms with Crippen molar-refractivity contribution in [2.45, 2.75) is 19.8 Å². The van der Waals surface area contributed by atoms with Gasteiger partial charge >= 0.3 is 6.03 Å². The maximum absolute atomic E-state index is 12.2. The van der Waals surface area contributed by atoms with Crippen LogP contribution in [0.4, 0.5) is 10.6 Å². The first-order chi connectivity index (χ1) is 11.3. The van der Waals surface area contributed by atoms with Crippen LogP contribution >= 0.6 is 0 Å². The quantitative estimate of drug-likeness (QED) is 0.575. The molecular formula is C15H20N4O5. The van der Waals surface area contributed by atoms with E-state index in [4.69, 9.17) is 19.7 Å². The summed E-state index contributed by atoms with van der Waals surface area (Å²) in [7, 11) is 0. The number of aromatic nitrogens is 2. The summed E-state index contributed by atoms with van der Waals surface area (Å²) in [4.78, 5) is 21.7. The van der Waals surface area contributed by atoms with Gasteiger partial charge in [-0.2, -0.15) is 0 Å². The molecule has 9 nitrogen and oxygen atoms in total. The Morgan fingerprint density at radius 2 is 2.12 bits per heavy atom. The summed E-state index contributed by atoms with van der Waals surface area (Å²) < 4.78 is 5.15. The Bertz CT molecular complexity index is 652. The fraction of sp³-hybridized carbons (Fsp3) is 0.400. The Morgan fingerprint density at radius 3 is 2.62 bits per heavy atom. The Hall–Kier alpha value is -2.49. The maximum atomic E-state index is 12.2. The van der Waals surface area contributed by atoms with Gasteiger partial charge in [0.25, 0.3) is 5.97 Å². The van der Waals surface area contributed by atoms with E-state index >= 15 is 0 Å². The van der Waals surface area contributed by atoms with E-state index in [-0.39, 0.29) is 6.54 Å². The fourth-order valence-corrected chi connectivity index (χ4v) is 1.96. The van der Waals surface area contributed by atoms with Gasteiger partial charge in [0.2, 0.25) is 5.89 Å². The van der Waals surface area contributed by atoms with Gasteiger partial charge in [-0.05, 0) is 19.1 Å². The minimum absolute atomic E-state index is 0.0414. The second-order valence-electron chi connectivity index (χ2n) is 5.33. The molecule has 0 bridgehead atoms. The molecule has 0 aliphatic heterocycles. The SMILES string of the molecule is CCN(C[C@@H](C)C(O)(O)O)C(=O)Nc1ccc(-c2ncco2)cn1. The number of amides is 2. The van der Waals surface area contributed by atoms with Gasteiger partial charge in [-0.3, -0.25) is 5.32 Å². The lowest BCUT2D eigenvalue weighted by Crippen LogP contribution is -2.46. The third-order valence-electron chi connectivity index (χ3n) is 3.50. The minimum Gasteiger partial charge on any atom is -0.444 e. The average Bonchev–Trinajstić information content (AvgIpc) is 3.06. The van der Waals surface area contributed by atoms with Crippen LogP contribution in [0, 0.1) is 5.92 Å². The van der Waals surface area contributed by atoms with Crippen molar-refractivity contribution in [2.24, 2.45) is 5.92 Å². The van der Waals surface area contributed by atoms with E-state index in [1.54, 1.807) is 19.1 Å². The van der Waals surface area contributed by atoms with Gasteiger partial charge in [0.15, 0.2) is 0 Å². The van der Waals surface area contributed by atoms with Crippen molar-refractivity contribution in [3.63, 3.8) is 0 Å². The molecule has 2 rings (SSSR count). The molecule has 130 valence electrons. The second kappa shape index (κ2) is 7.39. The highest BCUT2D eigenvalue weighted by molar-refractivity contribution is 5.88. The van der Waals surface area contributed by atoms with Gasteiger partial charge in [-0.15, -0.1) is 0 Å². The summed E-state index contributed by atoms with van der Waals surface area (Å²) in [5.74, 6) is -3.04. The number of nitrogens with zero attached hydrogens (tertiary/aromatic N) is 3. The number of carbonyl (C=O) groups excluding carboxylic acids is 1. The second-order valence-corrected chi connectivity index (χ2v) is 5.33. The van der Waals surface area contributed by atoms with E-state index < -0.39 is 17.9 Å². The number of rotatable bonds is 6. The number of pyridine rings is 1. The smallest absolute Gasteiger partial charge is 0.323 e. The molecule has 1 atom stereocenters. The van der Waals surface area contributed by atoms with Crippen molar-refractivity contribution in [2.75, 3.05) is 18.4 Å². The number of anilines is 1. The summed E-state index contributed by atoms with van der Waals surface area (Å²) in [5.41, 5.74) is 0.671. The monoisotopic (exact) mass is 336 g/mol. The van der Waals surface area contributed by atoms with Crippen LogP contribution < -0.4 is 5.32 Å². The standard InChI is InChI=1S/C15H20N4O5/c1-3-19(9-10(2)15(21,22)23)14(20)18-12-5-4-11(8-17-12)13-16-6-7-24-13/h4-8,10,21-23H,3,9H2,1-2H3,(H,17,18,20)/t10-/m1/s1. The predicted octanol–water partition coefficient (Wildman–Crippen LogP) is 0.857. The van der Waals surface area contributed by atoms with Gasteiger partial charge < -0.3 is 24.6 Å². The van der Waals surface area contributed by atoms with Crippen molar-refractivity contribution in [3.05, 3.63) is 30.8 Å². The Labute approximate surface area is 138 Å². The summed E-state index contributed by atoms with van der Waals surface area (Å²) in [5, 5.41) is 30.0. The van der Waals surface area contributed by atoms with E-state index in [0.29, 0.717) is 23.8 Å². The number of hydrogen-bond acceptors (Lipinski definition) is 7. The first-order valence-electron chi connectivity index (χ1n) is 7.40. The lowest BCUT2D eigenvalue weighted by Gasteiger charge is -2.29. The molecule has 2 heterocycles. The molecule has 2 amide bonds. The van der Waals surface area contributed by atoms with Crippen molar-refractivity contribution >= 4 is 11.8 Å². The van der Waals surface area contributed by atoms with Crippen LogP contribution in [0.15, 0.2) is 35.2 Å². The summed E-state index contributed by atoms with van der Waals surface area (Å²) in [6.07, 6.45) is 4.49. The number of carbonyl (C=O) groups is 1. The van der Waals surface area contributed by atoms with Gasteiger partial charge in [0.1, 0.15) is 12.1 Å². The number of hydrogen-bond donors (Lipinski definition) is 4. The summed E-state index contributed by atoms with van der Waals surface area (Å²) >= 11 is 0. The van der Waals surface area contributed by atoms with E-state index in [2.05, 4.69) is 15.3 Å². The fourth-order valence-electron chi connectivity index (χ4n) is 1.96. The van der Waals surface area contributed by atoms with Crippen LogP contribution in [-0.4, -0.2) is 55.3 Å². The molecule has 2 aromatic heterocycles. The highest BCUT2D eigenvalue weighted by Crippen LogP contribution is 2.18. The van der Waals surface area contributed by atoms with Gasteiger partial charge in [-0.25, -0.2) is 14.8 Å². The van der Waals surface area contributed by atoms with Crippen LogP contribution in [-0.2, 0) is 0 Å². The molecular weight excluding hydrogens is 316 g/mol. The van der Waals surface area contributed by atoms with Gasteiger partial charge in [0.05, 0.1) is 17.7 Å². The molecule has 0 saturated carbocycles. The van der Waals surface area contributed by atoms with Gasteiger partial charge in [0, 0.05) is 19.3 Å². The number of urea groups is 1. The average molecular weight is 336 g/mol. The molecule has 4 N–H and O–H groups in total. The largest absolute Gasteiger partial charge is 0.444 e. The van der Waals surface area contributed by atoms with Gasteiger partial charge in [-0.1, -0.05) is 6.92 Å². The zero-order valence-corrected chi connectivity index (χ0v) is 13.4. The zero-order valence-electron chi connectivity index (χ0n) is 13.4. The highest BCUT2D eigenvalue weighted by atomic mass is 16.7. The van der Waals surface area contributed by atoms with Crippen molar-refractivity contribution in [3.8, 4) is 11.5 Å². The number of aliphatic hydroxyl groups is 3. The third kappa shape index (κ3) is 4.51. The van der Waals surface area contributed by atoms with Crippen LogP contribution in [0.1, 0.15) is 13.8 Å². The molecule has 0 aliphatic rings. The molecule has 24 heavy (non-hydrogen) atoms. The molecule has 0 saturated heterocycles. The predicted molar refractivity (Wildman–Crippen MR) is 84.6 cm³/mol. The highest BCUT2D eigenvalue weighted by Gasteiger charge is 2.30. The van der Waals surface area contributed by atoms with Crippen molar-refractivity contribution in [1.82, 2.24) is 14.9 Å². The lowest BCUT2D eigenvalue weighted by atomic mass is 10.1. The first-order valence-corrected chi connectivity index (χ1v) is 7.40. The normalized spacial score (nSPS) is 12.7. The first kappa shape index (κ1) is 17.9. The molecule has 0 spiro atoms. The molecule has 0 unspecified atom stereocenters. The molecule has 0 aromatic carbocycles. The third-order valence-corrected chi connectivity index (χ3v) is 3.50. The molecule has 0 aliphatic carbocycles. The van der Waals surface area contributed by atoms with Crippen LogP contribution in [0.25, 0.3) is 11.5 Å². The zero-order chi connectivity index (χ0) is 17.7. The Balaban J connectivity index is 1.99. The Kier molecular flexibility index (Phi) is 5.50. The van der Waals surface area contributed by atoms with E-state index in [0.717, 1.165) is 0 Å². The van der Waals surface area contributed by atoms with E-state index in [9.17, 15) is 4.79 Å². The maximum Gasteiger partial charge on any atom is 0.323 e. The minimum atomic E-state index is -2.84. The summed E-state index contributed by atoms with van der Waals surface area (Å²) in [6.45, 7) is 3.43.